The Balaban J connectivity index is 1.35. The average Bonchev–Trinajstić information content (AvgIpc) is 3.15. The highest BCUT2D eigenvalue weighted by Crippen LogP contribution is 2.23. The van der Waals surface area contributed by atoms with Gasteiger partial charge in [-0.1, -0.05) is 18.2 Å². The number of rotatable bonds is 3. The second kappa shape index (κ2) is 7.62. The molecule has 1 aromatic carbocycles. The van der Waals surface area contributed by atoms with Gasteiger partial charge in [0.25, 0.3) is 0 Å². The summed E-state index contributed by atoms with van der Waals surface area (Å²) in [6.45, 7) is 7.87. The van der Waals surface area contributed by atoms with Gasteiger partial charge < -0.3 is 19.9 Å². The minimum Gasteiger partial charge on any atom is -0.378 e. The summed E-state index contributed by atoms with van der Waals surface area (Å²) in [5.41, 5.74) is 2.39. The maximum atomic E-state index is 12.6. The molecule has 0 saturated carbocycles. The lowest BCUT2D eigenvalue weighted by Gasteiger charge is -2.37. The van der Waals surface area contributed by atoms with Crippen LogP contribution in [0.25, 0.3) is 0 Å². The molecule has 0 bridgehead atoms. The number of para-hydroxylation sites is 1. The van der Waals surface area contributed by atoms with Crippen LogP contribution in [0.5, 0.6) is 0 Å². The van der Waals surface area contributed by atoms with Gasteiger partial charge in [0, 0.05) is 51.0 Å². The molecule has 1 N–H and O–H groups in total. The van der Waals surface area contributed by atoms with Crippen LogP contribution in [0.15, 0.2) is 24.3 Å². The number of carbonyl (C=O) groups is 1. The number of carbonyl (C=O) groups excluding carboxylic acids is 1. The molecular weight excluding hydrogens is 316 g/mol. The third kappa shape index (κ3) is 3.75. The third-order valence-electron chi connectivity index (χ3n) is 5.65. The molecule has 3 fully saturated rings. The number of morpholine rings is 1. The van der Waals surface area contributed by atoms with Crippen LogP contribution in [-0.4, -0.2) is 74.4 Å². The monoisotopic (exact) mass is 344 g/mol. The summed E-state index contributed by atoms with van der Waals surface area (Å²) >= 11 is 0. The Morgan fingerprint density at radius 1 is 1.12 bits per heavy atom. The quantitative estimate of drug-likeness (QED) is 0.903. The highest BCUT2D eigenvalue weighted by Gasteiger charge is 2.32. The predicted molar refractivity (Wildman–Crippen MR) is 97.9 cm³/mol. The van der Waals surface area contributed by atoms with Crippen molar-refractivity contribution in [3.8, 4) is 0 Å². The maximum absolute atomic E-state index is 12.6. The summed E-state index contributed by atoms with van der Waals surface area (Å²) in [5.74, 6) is 0. The van der Waals surface area contributed by atoms with E-state index >= 15 is 0 Å². The van der Waals surface area contributed by atoms with Crippen LogP contribution in [0.3, 0.4) is 0 Å². The largest absolute Gasteiger partial charge is 0.378 e. The van der Waals surface area contributed by atoms with Gasteiger partial charge in [0.05, 0.1) is 13.2 Å². The van der Waals surface area contributed by atoms with Crippen molar-refractivity contribution in [2.45, 2.75) is 25.4 Å². The van der Waals surface area contributed by atoms with Crippen molar-refractivity contribution in [2.75, 3.05) is 57.4 Å². The predicted octanol–water partition coefficient (Wildman–Crippen LogP) is 1.51. The van der Waals surface area contributed by atoms with E-state index in [1.807, 2.05) is 11.0 Å². The molecule has 2 amide bonds. The van der Waals surface area contributed by atoms with Gasteiger partial charge in [0.1, 0.15) is 0 Å². The second-order valence-corrected chi connectivity index (χ2v) is 7.16. The summed E-state index contributed by atoms with van der Waals surface area (Å²) in [6.07, 6.45) is 2.50. The van der Waals surface area contributed by atoms with Crippen LogP contribution in [0.2, 0.25) is 0 Å². The van der Waals surface area contributed by atoms with Crippen LogP contribution in [0.4, 0.5) is 10.5 Å². The van der Waals surface area contributed by atoms with E-state index in [-0.39, 0.29) is 6.03 Å². The van der Waals surface area contributed by atoms with Crippen LogP contribution in [0.1, 0.15) is 18.4 Å². The zero-order chi connectivity index (χ0) is 17.1. The molecule has 3 saturated heterocycles. The Hall–Kier alpha value is -1.79. The molecule has 1 aromatic rings. The number of urea groups is 1. The third-order valence-corrected chi connectivity index (χ3v) is 5.65. The van der Waals surface area contributed by atoms with E-state index in [1.54, 1.807) is 0 Å². The first-order chi connectivity index (χ1) is 12.3. The molecule has 0 unspecified atom stereocenters. The summed E-state index contributed by atoms with van der Waals surface area (Å²) in [6, 6.07) is 9.01. The standard InChI is InChI=1S/C19H28N4O2/c24-19(23-9-8-21-7-3-5-17(21)15-23)20-14-16-4-1-2-6-18(16)22-10-12-25-13-11-22/h1-2,4,6,17H,3,5,7-15H2,(H,20,24)/t17-/m0/s1. The van der Waals surface area contributed by atoms with Crippen LogP contribution in [0, 0.1) is 0 Å². The van der Waals surface area contributed by atoms with Crippen LogP contribution >= 0.6 is 0 Å². The van der Waals surface area contributed by atoms with E-state index in [0.717, 1.165) is 45.9 Å². The Bertz CT molecular complexity index is 603. The Labute approximate surface area is 149 Å². The highest BCUT2D eigenvalue weighted by atomic mass is 16.5. The zero-order valence-electron chi connectivity index (χ0n) is 14.8. The van der Waals surface area contributed by atoms with Crippen molar-refractivity contribution in [1.82, 2.24) is 15.1 Å². The number of hydrogen-bond acceptors (Lipinski definition) is 4. The van der Waals surface area contributed by atoms with Gasteiger partial charge in [-0.25, -0.2) is 4.79 Å². The van der Waals surface area contributed by atoms with Gasteiger partial charge in [-0.05, 0) is 31.0 Å². The molecular formula is C19H28N4O2. The van der Waals surface area contributed by atoms with Gasteiger partial charge in [-0.15, -0.1) is 0 Å². The van der Waals surface area contributed by atoms with Crippen molar-refractivity contribution in [3.63, 3.8) is 0 Å². The molecule has 0 aliphatic carbocycles. The molecule has 0 spiro atoms. The lowest BCUT2D eigenvalue weighted by molar-refractivity contribution is 0.117. The van der Waals surface area contributed by atoms with Gasteiger partial charge in [-0.2, -0.15) is 0 Å². The first-order valence-corrected chi connectivity index (χ1v) is 9.49. The van der Waals surface area contributed by atoms with Gasteiger partial charge in [0.2, 0.25) is 0 Å². The fourth-order valence-corrected chi connectivity index (χ4v) is 4.23. The van der Waals surface area contributed by atoms with Crippen molar-refractivity contribution in [3.05, 3.63) is 29.8 Å². The molecule has 136 valence electrons. The zero-order valence-corrected chi connectivity index (χ0v) is 14.8. The fraction of sp³-hybridized carbons (Fsp3) is 0.632. The summed E-state index contributed by atoms with van der Waals surface area (Å²) in [7, 11) is 0. The van der Waals surface area contributed by atoms with E-state index in [0.29, 0.717) is 12.6 Å². The Kier molecular flexibility index (Phi) is 5.08. The molecule has 0 radical (unpaired) electrons. The van der Waals surface area contributed by atoms with E-state index in [2.05, 4.69) is 33.3 Å². The lowest BCUT2D eigenvalue weighted by Crippen LogP contribution is -2.54. The number of fused-ring (bicyclic) bond motifs is 1. The van der Waals surface area contributed by atoms with Gasteiger partial charge in [0.15, 0.2) is 0 Å². The number of ether oxygens (including phenoxy) is 1. The first kappa shape index (κ1) is 16.7. The molecule has 4 rings (SSSR count). The van der Waals surface area contributed by atoms with Gasteiger partial charge >= 0.3 is 6.03 Å². The summed E-state index contributed by atoms with van der Waals surface area (Å²) in [5, 5.41) is 3.14. The van der Waals surface area contributed by atoms with E-state index < -0.39 is 0 Å². The number of anilines is 1. The van der Waals surface area contributed by atoms with E-state index in [1.165, 1.54) is 30.6 Å². The lowest BCUT2D eigenvalue weighted by atomic mass is 10.1. The average molecular weight is 344 g/mol. The summed E-state index contributed by atoms with van der Waals surface area (Å²) in [4.78, 5) is 19.5. The minimum absolute atomic E-state index is 0.0725. The molecule has 1 atom stereocenters. The molecule has 25 heavy (non-hydrogen) atoms. The molecule has 6 heteroatoms. The number of nitrogens with one attached hydrogen (secondary N) is 1. The van der Waals surface area contributed by atoms with Crippen molar-refractivity contribution < 1.29 is 9.53 Å². The molecule has 0 aromatic heterocycles. The normalized spacial score (nSPS) is 24.2. The number of nitrogens with zero attached hydrogens (tertiary/aromatic N) is 3. The van der Waals surface area contributed by atoms with Gasteiger partial charge in [-0.3, -0.25) is 4.90 Å². The minimum atomic E-state index is 0.0725. The van der Waals surface area contributed by atoms with Crippen molar-refractivity contribution >= 4 is 11.7 Å². The summed E-state index contributed by atoms with van der Waals surface area (Å²) < 4.78 is 5.45. The number of amides is 2. The van der Waals surface area contributed by atoms with Crippen LogP contribution in [-0.2, 0) is 11.3 Å². The number of benzene rings is 1. The van der Waals surface area contributed by atoms with Crippen molar-refractivity contribution in [1.29, 1.82) is 0 Å². The number of hydrogen-bond donors (Lipinski definition) is 1. The van der Waals surface area contributed by atoms with Crippen molar-refractivity contribution in [2.24, 2.45) is 0 Å². The second-order valence-electron chi connectivity index (χ2n) is 7.16. The topological polar surface area (TPSA) is 48.1 Å². The Morgan fingerprint density at radius 2 is 1.96 bits per heavy atom. The fourth-order valence-electron chi connectivity index (χ4n) is 4.23. The highest BCUT2D eigenvalue weighted by molar-refractivity contribution is 5.74. The van der Waals surface area contributed by atoms with E-state index in [4.69, 9.17) is 4.74 Å². The smallest absolute Gasteiger partial charge is 0.317 e. The van der Waals surface area contributed by atoms with Crippen LogP contribution < -0.4 is 10.2 Å². The first-order valence-electron chi connectivity index (χ1n) is 9.49. The molecule has 3 aliphatic heterocycles. The molecule has 3 aliphatic rings. The molecule has 6 nitrogen and oxygen atoms in total. The molecule has 3 heterocycles. The Morgan fingerprint density at radius 3 is 2.84 bits per heavy atom. The van der Waals surface area contributed by atoms with E-state index in [9.17, 15) is 4.79 Å². The number of piperazine rings is 1. The maximum Gasteiger partial charge on any atom is 0.317 e. The SMILES string of the molecule is O=C(NCc1ccccc1N1CCOCC1)N1CCN2CCC[C@H]2C1.